The van der Waals surface area contributed by atoms with E-state index in [2.05, 4.69) is 79.9 Å². The lowest BCUT2D eigenvalue weighted by Crippen LogP contribution is -2.47. The first-order chi connectivity index (χ1) is 25.8. The molecule has 7 heteroatoms. The third kappa shape index (κ3) is 40.8. The van der Waals surface area contributed by atoms with Crippen molar-refractivity contribution in [1.29, 1.82) is 0 Å². The van der Waals surface area contributed by atoms with Crippen LogP contribution in [0.3, 0.4) is 0 Å². The monoisotopic (exact) mass is 760 g/mol. The normalized spacial score (nSPS) is 14.0. The number of hydrogen-bond acceptors (Lipinski definition) is 4. The second-order valence-corrected chi connectivity index (χ2v) is 16.1. The quantitative estimate of drug-likeness (QED) is 0.0330. The molecule has 0 aliphatic rings. The fourth-order valence-electron chi connectivity index (χ4n) is 6.24. The summed E-state index contributed by atoms with van der Waals surface area (Å²) in [4.78, 5) is 12.5. The van der Waals surface area contributed by atoms with Gasteiger partial charge in [-0.05, 0) is 51.4 Å². The number of aliphatic hydroxyl groups is 1. The highest BCUT2D eigenvalue weighted by atomic mass is 32.2. The van der Waals surface area contributed by atoms with Gasteiger partial charge in [-0.25, -0.2) is 0 Å². The third-order valence-electron chi connectivity index (χ3n) is 9.44. The minimum atomic E-state index is -4.34. The Balaban J connectivity index is 3.98. The van der Waals surface area contributed by atoms with Crippen LogP contribution in [0.15, 0.2) is 72.9 Å². The number of carbonyl (C=O) groups is 1. The molecular weight excluding hydrogens is 679 g/mol. The van der Waals surface area contributed by atoms with Gasteiger partial charge in [-0.3, -0.25) is 9.35 Å². The molecule has 0 aliphatic heterocycles. The largest absolute Gasteiger partial charge is 0.391 e. The lowest BCUT2D eigenvalue weighted by molar-refractivity contribution is -0.122. The summed E-state index contributed by atoms with van der Waals surface area (Å²) < 4.78 is 32.6. The van der Waals surface area contributed by atoms with Gasteiger partial charge in [0.15, 0.2) is 0 Å². The molecule has 0 rings (SSSR count). The number of carbonyl (C=O) groups excluding carboxylic acids is 1. The van der Waals surface area contributed by atoms with E-state index in [-0.39, 0.29) is 12.3 Å². The van der Waals surface area contributed by atoms with E-state index >= 15 is 0 Å². The Morgan fingerprint density at radius 1 is 0.528 bits per heavy atom. The maximum absolute atomic E-state index is 12.5. The van der Waals surface area contributed by atoms with E-state index in [0.29, 0.717) is 12.8 Å². The highest BCUT2D eigenvalue weighted by molar-refractivity contribution is 7.85. The van der Waals surface area contributed by atoms with Crippen LogP contribution in [0.1, 0.15) is 194 Å². The molecule has 0 saturated carbocycles. The maximum atomic E-state index is 12.5. The summed E-state index contributed by atoms with van der Waals surface area (Å²) in [5, 5.41) is 13.3. The summed E-state index contributed by atoms with van der Waals surface area (Å²) >= 11 is 0. The predicted molar refractivity (Wildman–Crippen MR) is 230 cm³/mol. The van der Waals surface area contributed by atoms with Crippen LogP contribution >= 0.6 is 0 Å². The van der Waals surface area contributed by atoms with E-state index in [0.717, 1.165) is 57.8 Å². The number of amides is 1. The van der Waals surface area contributed by atoms with Crippen molar-refractivity contribution in [2.45, 2.75) is 206 Å². The molecule has 1 amide bonds. The van der Waals surface area contributed by atoms with E-state index in [1.54, 1.807) is 0 Å². The van der Waals surface area contributed by atoms with Crippen LogP contribution in [0, 0.1) is 0 Å². The molecule has 0 bridgehead atoms. The third-order valence-corrected chi connectivity index (χ3v) is 10.2. The number of rotatable bonds is 38. The van der Waals surface area contributed by atoms with Crippen LogP contribution in [0.25, 0.3) is 0 Å². The number of aliphatic hydroxyl groups excluding tert-OH is 1. The molecule has 0 aromatic heterocycles. The fraction of sp³-hybridized carbons (Fsp3) is 0.717. The van der Waals surface area contributed by atoms with Crippen molar-refractivity contribution in [3.63, 3.8) is 0 Å². The Kier molecular flexibility index (Phi) is 37.8. The zero-order chi connectivity index (χ0) is 38.9. The van der Waals surface area contributed by atoms with Gasteiger partial charge in [0.2, 0.25) is 5.91 Å². The van der Waals surface area contributed by atoms with E-state index in [4.69, 9.17) is 0 Å². The van der Waals surface area contributed by atoms with E-state index < -0.39 is 28.0 Å². The molecule has 6 nitrogen and oxygen atoms in total. The molecular formula is C46H81NO5S. The molecule has 3 N–H and O–H groups in total. The molecule has 2 unspecified atom stereocenters. The van der Waals surface area contributed by atoms with Gasteiger partial charge in [0.25, 0.3) is 10.1 Å². The molecule has 0 fully saturated rings. The minimum Gasteiger partial charge on any atom is -0.391 e. The molecule has 0 saturated heterocycles. The highest BCUT2D eigenvalue weighted by Gasteiger charge is 2.25. The second kappa shape index (κ2) is 39.5. The topological polar surface area (TPSA) is 104 Å². The first kappa shape index (κ1) is 50.8. The summed E-state index contributed by atoms with van der Waals surface area (Å²) in [5.74, 6) is -1.01. The summed E-state index contributed by atoms with van der Waals surface area (Å²) in [6.45, 7) is 4.41. The van der Waals surface area contributed by atoms with Crippen molar-refractivity contribution >= 4 is 16.0 Å². The lowest BCUT2D eigenvalue weighted by atomic mass is 10.0. The summed E-state index contributed by atoms with van der Waals surface area (Å²) in [6.07, 6.45) is 55.8. The van der Waals surface area contributed by atoms with Gasteiger partial charge < -0.3 is 10.4 Å². The average molecular weight is 760 g/mol. The van der Waals surface area contributed by atoms with Gasteiger partial charge in [-0.1, -0.05) is 209 Å². The molecule has 0 aliphatic carbocycles. The minimum absolute atomic E-state index is 0.191. The van der Waals surface area contributed by atoms with Crippen LogP contribution in [-0.4, -0.2) is 41.9 Å². The predicted octanol–water partition coefficient (Wildman–Crippen LogP) is 13.0. The van der Waals surface area contributed by atoms with Crippen LogP contribution in [0.5, 0.6) is 0 Å². The highest BCUT2D eigenvalue weighted by Crippen LogP contribution is 2.16. The summed E-state index contributed by atoms with van der Waals surface area (Å²) in [7, 11) is -4.34. The summed E-state index contributed by atoms with van der Waals surface area (Å²) in [6, 6.07) is -1.02. The van der Waals surface area contributed by atoms with Gasteiger partial charge in [-0.15, -0.1) is 0 Å². The first-order valence-corrected chi connectivity index (χ1v) is 23.2. The van der Waals surface area contributed by atoms with Crippen molar-refractivity contribution in [2.24, 2.45) is 0 Å². The van der Waals surface area contributed by atoms with E-state index in [1.165, 1.54) is 103 Å². The van der Waals surface area contributed by atoms with Gasteiger partial charge >= 0.3 is 0 Å². The smallest absolute Gasteiger partial charge is 0.266 e. The van der Waals surface area contributed by atoms with E-state index in [1.807, 2.05) is 12.2 Å². The zero-order valence-corrected chi connectivity index (χ0v) is 34.9. The lowest BCUT2D eigenvalue weighted by Gasteiger charge is -2.23. The van der Waals surface area contributed by atoms with Gasteiger partial charge in [-0.2, -0.15) is 8.42 Å². The van der Waals surface area contributed by atoms with Crippen molar-refractivity contribution in [1.82, 2.24) is 5.32 Å². The zero-order valence-electron chi connectivity index (χ0n) is 34.1. The van der Waals surface area contributed by atoms with Crippen molar-refractivity contribution in [3.8, 4) is 0 Å². The Labute approximate surface area is 327 Å². The van der Waals surface area contributed by atoms with Gasteiger partial charge in [0, 0.05) is 6.42 Å². The molecule has 306 valence electrons. The Bertz CT molecular complexity index is 1100. The molecule has 0 heterocycles. The molecule has 0 aromatic carbocycles. The average Bonchev–Trinajstić information content (AvgIpc) is 3.12. The Hall–Kier alpha value is -2.22. The van der Waals surface area contributed by atoms with Crippen molar-refractivity contribution in [3.05, 3.63) is 72.9 Å². The Morgan fingerprint density at radius 3 is 1.23 bits per heavy atom. The van der Waals surface area contributed by atoms with Crippen LogP contribution < -0.4 is 5.32 Å². The van der Waals surface area contributed by atoms with Gasteiger partial charge in [0.1, 0.15) is 0 Å². The van der Waals surface area contributed by atoms with Gasteiger partial charge in [0.05, 0.1) is 17.9 Å². The van der Waals surface area contributed by atoms with Crippen molar-refractivity contribution in [2.75, 3.05) is 5.75 Å². The second-order valence-electron chi connectivity index (χ2n) is 14.6. The molecule has 2 atom stereocenters. The standard InChI is InChI=1S/C46H81NO5S/c1-3-5-7-9-11-13-15-17-19-21-23-25-27-29-31-33-35-37-39-41-45(48)44(43-53(50,51)52)47-46(49)42-40-38-36-34-32-30-28-26-24-22-20-18-16-14-12-10-8-6-4-2/h6,8,12,14,18,20,24,26,30,32,36,38,44-45,48H,3-5,7,9-11,13,15-17,19,21-23,25,27-29,31,33-35,37,39-43H2,1-2H3,(H,47,49)(H,50,51,52)/b8-6-,14-12-,20-18-,26-24-,32-30-,38-36-. The summed E-state index contributed by atoms with van der Waals surface area (Å²) in [5.41, 5.74) is 0. The molecule has 0 radical (unpaired) electrons. The SMILES string of the molecule is CC/C=C\C/C=C\C/C=C\C/C=C\C/C=C\C/C=C\CCC(=O)NC(CS(=O)(=O)O)C(O)CCCCCCCCCCCCCCCCCCCCC. The Morgan fingerprint density at radius 2 is 0.868 bits per heavy atom. The van der Waals surface area contributed by atoms with Crippen molar-refractivity contribution < 1.29 is 22.9 Å². The number of allylic oxidation sites excluding steroid dienone is 12. The maximum Gasteiger partial charge on any atom is 0.266 e. The number of unbranched alkanes of at least 4 members (excludes halogenated alkanes) is 18. The fourth-order valence-corrected chi connectivity index (χ4v) is 7.00. The first-order valence-electron chi connectivity index (χ1n) is 21.6. The molecule has 0 spiro atoms. The number of nitrogens with one attached hydrogen (secondary N) is 1. The van der Waals surface area contributed by atoms with E-state index in [9.17, 15) is 22.9 Å². The molecule has 0 aromatic rings. The number of hydrogen-bond donors (Lipinski definition) is 3. The molecule has 53 heavy (non-hydrogen) atoms. The van der Waals surface area contributed by atoms with Crippen LogP contribution in [0.2, 0.25) is 0 Å². The van der Waals surface area contributed by atoms with Crippen LogP contribution in [0.4, 0.5) is 0 Å². The van der Waals surface area contributed by atoms with Crippen LogP contribution in [-0.2, 0) is 14.9 Å².